The summed E-state index contributed by atoms with van der Waals surface area (Å²) in [6, 6.07) is 51.1. The average molecular weight is 1830 g/mol. The number of primary amides is 6. The van der Waals surface area contributed by atoms with E-state index in [1.807, 2.05) is 36.4 Å². The third-order valence-corrected chi connectivity index (χ3v) is 20.9. The van der Waals surface area contributed by atoms with Crippen molar-refractivity contribution in [2.45, 2.75) is 39.6 Å². The van der Waals surface area contributed by atoms with Crippen LogP contribution >= 0.6 is 34.8 Å². The minimum atomic E-state index is -1.00. The lowest BCUT2D eigenvalue weighted by Crippen LogP contribution is -2.12. The predicted molar refractivity (Wildman–Crippen MR) is 472 cm³/mol. The van der Waals surface area contributed by atoms with Gasteiger partial charge in [0.2, 0.25) is 35.4 Å². The minimum absolute atomic E-state index is 0.0646. The van der Waals surface area contributed by atoms with Crippen LogP contribution in [-0.2, 0) is 39.6 Å². The first-order chi connectivity index (χ1) is 62.3. The highest BCUT2D eigenvalue weighted by atomic mass is 35.5. The van der Waals surface area contributed by atoms with E-state index in [-0.39, 0.29) is 60.3 Å². The van der Waals surface area contributed by atoms with Gasteiger partial charge >= 0.3 is 0 Å². The standard InChI is InChI=1S/C16H15N3O3.C15H11Cl2N3O2.C15H12ClN3O2.2C15H11F2N3O2.C15H12FN3O2/c1-22-12-4-2-3-10(7-12)15-13(9-20)19-8-11(16(17)21)5-6-14(19)18-15;16-9-2-3-10(11(17)5-9)14-12(7-21)20-6-8(15(18)22)1-4-13(20)19-14;16-11-4-1-9(2-5-11)14-12(8-20)19-7-10(15(17)21)3-6-13(19)18-14;16-9-2-3-10(11(17)5-9)14-12(7-21)20-6-8(15(18)22)1-4-13(20)19-14;16-10-3-1-8(5-11(10)17)14-12(7-21)20-6-9(15(18)22)2-4-13(20)19-14;16-11-4-1-9(2-5-11)14-12(8-20)19-7-10(15(17)21)3-6-13(19)18-14/h2-8,20H,9H2,1H3,(H2,17,21);1-6,21H,7H2,(H2,18,22);1-7,20H,8H2,(H2,17,21);2*1-6,21H,7H2,(H2,18,22);1-7,20H,8H2,(H2,17,21). The van der Waals surface area contributed by atoms with Gasteiger partial charge in [0.05, 0.1) is 153 Å². The van der Waals surface area contributed by atoms with Crippen molar-refractivity contribution in [2.24, 2.45) is 34.4 Å². The van der Waals surface area contributed by atoms with Crippen molar-refractivity contribution in [3.05, 3.63) is 349 Å². The molecule has 0 unspecified atom stereocenters. The summed E-state index contributed by atoms with van der Waals surface area (Å²) >= 11 is 18.0. The fourth-order valence-corrected chi connectivity index (χ4v) is 14.3. The maximum Gasteiger partial charge on any atom is 0.250 e. The van der Waals surface area contributed by atoms with Crippen molar-refractivity contribution in [3.63, 3.8) is 0 Å². The Hall–Kier alpha value is -15.6. The first-order valence-electron chi connectivity index (χ1n) is 38.4. The maximum atomic E-state index is 13.9. The van der Waals surface area contributed by atoms with Crippen LogP contribution in [0.5, 0.6) is 5.75 Å². The number of imidazole rings is 6. The summed E-state index contributed by atoms with van der Waals surface area (Å²) in [6.45, 7) is -1.78. The van der Waals surface area contributed by atoms with E-state index in [9.17, 15) is 81.4 Å². The Morgan fingerprint density at radius 2 is 0.592 bits per heavy atom. The van der Waals surface area contributed by atoms with Gasteiger partial charge in [0.15, 0.2) is 11.6 Å². The molecule has 0 spiro atoms. The molecule has 0 saturated heterocycles. The third-order valence-electron chi connectivity index (χ3n) is 20.1. The van der Waals surface area contributed by atoms with Crippen molar-refractivity contribution >= 4 is 104 Å². The molecule has 0 saturated carbocycles. The number of carbonyl (C=O) groups is 6. The van der Waals surface area contributed by atoms with Gasteiger partial charge in [-0.05, 0) is 170 Å². The van der Waals surface area contributed by atoms with Gasteiger partial charge in [-0.25, -0.2) is 51.9 Å². The van der Waals surface area contributed by atoms with Crippen LogP contribution in [-0.4, -0.2) is 130 Å². The van der Waals surface area contributed by atoms with Crippen molar-refractivity contribution in [1.82, 2.24) is 56.3 Å². The number of halogens is 8. The number of aliphatic hydroxyl groups excluding tert-OH is 6. The second-order valence-electron chi connectivity index (χ2n) is 28.1. The number of amides is 6. The zero-order valence-electron chi connectivity index (χ0n) is 67.7. The highest BCUT2D eigenvalue weighted by molar-refractivity contribution is 6.36. The molecule has 0 radical (unpaired) electrons. The van der Waals surface area contributed by atoms with Gasteiger partial charge in [0, 0.05) is 86.7 Å². The number of aromatic nitrogens is 12. The maximum absolute atomic E-state index is 13.9. The molecule has 660 valence electrons. The monoisotopic (exact) mass is 1820 g/mol. The molecule has 18 aromatic rings. The predicted octanol–water partition coefficient (Wildman–Crippen LogP) is 12.2. The van der Waals surface area contributed by atoms with E-state index in [1.165, 1.54) is 69.9 Å². The summed E-state index contributed by atoms with van der Waals surface area (Å²) < 4.78 is 81.2. The molecule has 18 N–H and O–H groups in total. The number of methoxy groups -OCH3 is 1. The number of nitrogens with zero attached hydrogens (tertiary/aromatic N) is 12. The van der Waals surface area contributed by atoms with Crippen molar-refractivity contribution in [1.29, 1.82) is 0 Å². The number of hydrogen-bond donors (Lipinski definition) is 12. The Labute approximate surface area is 745 Å². The second kappa shape index (κ2) is 39.9. The molecule has 0 bridgehead atoms. The number of carbonyl (C=O) groups excluding carboxylic acids is 6. The van der Waals surface area contributed by atoms with E-state index in [0.29, 0.717) is 151 Å². The van der Waals surface area contributed by atoms with Gasteiger partial charge in [0.25, 0.3) is 0 Å². The Balaban J connectivity index is 0.000000133. The van der Waals surface area contributed by atoms with Gasteiger partial charge in [-0.2, -0.15) is 0 Å². The largest absolute Gasteiger partial charge is 0.497 e. The van der Waals surface area contributed by atoms with E-state index < -0.39 is 71.9 Å². The van der Waals surface area contributed by atoms with Crippen molar-refractivity contribution in [2.75, 3.05) is 7.11 Å². The van der Waals surface area contributed by atoms with Crippen LogP contribution in [0.3, 0.4) is 0 Å². The van der Waals surface area contributed by atoms with Crippen molar-refractivity contribution < 1.29 is 86.1 Å². The molecule has 130 heavy (non-hydrogen) atoms. The van der Waals surface area contributed by atoms with E-state index in [2.05, 4.69) is 29.9 Å². The molecule has 0 aliphatic carbocycles. The van der Waals surface area contributed by atoms with Gasteiger partial charge in [-0.15, -0.1) is 0 Å². The highest BCUT2D eigenvalue weighted by Gasteiger charge is 2.24. The number of rotatable bonds is 19. The quantitative estimate of drug-likeness (QED) is 0.0335. The van der Waals surface area contributed by atoms with Crippen LogP contribution < -0.4 is 39.1 Å². The fraction of sp³-hybridized carbons (Fsp3) is 0.0769. The summed E-state index contributed by atoms with van der Waals surface area (Å²) in [5.41, 5.74) is 45.8. The molecule has 31 nitrogen and oxygen atoms in total. The first-order valence-corrected chi connectivity index (χ1v) is 39.5. The number of hydrogen-bond acceptors (Lipinski definition) is 19. The fourth-order valence-electron chi connectivity index (χ4n) is 13.7. The molecule has 39 heteroatoms. The molecular formula is C91H72Cl3F5N18O13. The molecule has 0 fully saturated rings. The SMILES string of the molecule is COc1cccc(-c2nc3ccc(C(N)=O)cn3c2CO)c1.NC(=O)c1ccc2nc(-c3ccc(Cl)cc3)c(CO)n2c1.NC(=O)c1ccc2nc(-c3ccc(Cl)cc3Cl)c(CO)n2c1.NC(=O)c1ccc2nc(-c3ccc(F)c(F)c3)c(CO)n2c1.NC(=O)c1ccc2nc(-c3ccc(F)cc3)c(CO)n2c1.NC(=O)c1ccc2nc(-c3ccc(F)cc3F)c(CO)n2c1. The average Bonchev–Trinajstić information content (AvgIpc) is 1.65. The Bertz CT molecular complexity index is 7140. The first kappa shape index (κ1) is 92.0. The smallest absolute Gasteiger partial charge is 0.250 e. The molecule has 6 aromatic carbocycles. The zero-order chi connectivity index (χ0) is 93.2. The molecule has 12 aromatic heterocycles. The van der Waals surface area contributed by atoms with Gasteiger partial charge < -0.3 is 96.2 Å². The van der Waals surface area contributed by atoms with Crippen LogP contribution in [0, 0.1) is 29.1 Å². The van der Waals surface area contributed by atoms with Crippen LogP contribution in [0.2, 0.25) is 15.1 Å². The number of aliphatic hydroxyl groups is 6. The van der Waals surface area contributed by atoms with Gasteiger partial charge in [0.1, 0.15) is 57.1 Å². The third kappa shape index (κ3) is 19.8. The Morgan fingerprint density at radius 3 is 0.915 bits per heavy atom. The molecular weight excluding hydrogens is 1750 g/mol. The highest BCUT2D eigenvalue weighted by Crippen LogP contribution is 2.36. The molecule has 18 rings (SSSR count). The van der Waals surface area contributed by atoms with E-state index in [4.69, 9.17) is 73.9 Å². The minimum Gasteiger partial charge on any atom is -0.497 e. The summed E-state index contributed by atoms with van der Waals surface area (Å²) in [5.74, 6) is -6.50. The summed E-state index contributed by atoms with van der Waals surface area (Å²) in [5, 5.41) is 59.4. The normalized spacial score (nSPS) is 11.0. The van der Waals surface area contributed by atoms with Gasteiger partial charge in [-0.1, -0.05) is 59.1 Å². The summed E-state index contributed by atoms with van der Waals surface area (Å²) in [6.07, 6.45) is 9.10. The molecule has 0 aliphatic heterocycles. The number of pyridine rings is 6. The van der Waals surface area contributed by atoms with E-state index in [0.717, 1.165) is 35.4 Å². The second-order valence-corrected chi connectivity index (χ2v) is 29.4. The molecule has 0 aliphatic rings. The Kier molecular flexibility index (Phi) is 28.3. The number of fused-ring (bicyclic) bond motifs is 6. The number of nitrogens with two attached hydrogens (primary N) is 6. The zero-order valence-corrected chi connectivity index (χ0v) is 69.9. The number of ether oxygens (including phenoxy) is 1. The van der Waals surface area contributed by atoms with Crippen LogP contribution in [0.1, 0.15) is 96.3 Å². The lowest BCUT2D eigenvalue weighted by Gasteiger charge is -2.05. The summed E-state index contributed by atoms with van der Waals surface area (Å²) in [4.78, 5) is 94.0. The Morgan fingerprint density at radius 1 is 0.300 bits per heavy atom. The lowest BCUT2D eigenvalue weighted by molar-refractivity contribution is 0.0991. The van der Waals surface area contributed by atoms with E-state index >= 15 is 0 Å². The van der Waals surface area contributed by atoms with Crippen LogP contribution in [0.15, 0.2) is 237 Å². The van der Waals surface area contributed by atoms with Crippen LogP contribution in [0.4, 0.5) is 22.0 Å². The topological polar surface area (TPSA) is 493 Å². The van der Waals surface area contributed by atoms with Gasteiger partial charge in [-0.3, -0.25) is 28.8 Å². The van der Waals surface area contributed by atoms with Crippen LogP contribution in [0.25, 0.3) is 101 Å². The van der Waals surface area contributed by atoms with E-state index in [1.54, 1.807) is 140 Å². The summed E-state index contributed by atoms with van der Waals surface area (Å²) in [7, 11) is 1.59. The molecule has 0 atom stereocenters. The lowest BCUT2D eigenvalue weighted by atomic mass is 10.1. The molecule has 12 heterocycles. The molecule has 6 amide bonds. The number of benzene rings is 6. The van der Waals surface area contributed by atoms with Crippen molar-refractivity contribution in [3.8, 4) is 73.3 Å².